The Balaban J connectivity index is 1.41. The first-order chi connectivity index (χ1) is 20.8. The summed E-state index contributed by atoms with van der Waals surface area (Å²) in [6, 6.07) is 54.2. The van der Waals surface area contributed by atoms with Gasteiger partial charge in [0.1, 0.15) is 11.2 Å². The fourth-order valence-corrected chi connectivity index (χ4v) is 6.61. The fourth-order valence-electron chi connectivity index (χ4n) is 6.61. The third-order valence-corrected chi connectivity index (χ3v) is 8.57. The van der Waals surface area contributed by atoms with Crippen LogP contribution < -0.4 is 0 Å². The average molecular weight is 536 g/mol. The molecule has 196 valence electrons. The van der Waals surface area contributed by atoms with Gasteiger partial charge < -0.3 is 8.98 Å². The van der Waals surface area contributed by atoms with Crippen LogP contribution >= 0.6 is 0 Å². The van der Waals surface area contributed by atoms with Crippen molar-refractivity contribution in [2.75, 3.05) is 0 Å². The minimum atomic E-state index is 0.905. The Morgan fingerprint density at radius 1 is 0.429 bits per heavy atom. The van der Waals surface area contributed by atoms with Gasteiger partial charge in [-0.05, 0) is 70.1 Å². The van der Waals surface area contributed by atoms with Gasteiger partial charge in [-0.25, -0.2) is 0 Å². The molecule has 42 heavy (non-hydrogen) atoms. The number of aromatic nitrogens is 1. The smallest absolute Gasteiger partial charge is 0.145 e. The molecule has 0 N–H and O–H groups in total. The molecule has 9 rings (SSSR count). The van der Waals surface area contributed by atoms with Gasteiger partial charge in [0.25, 0.3) is 0 Å². The Kier molecular flexibility index (Phi) is 4.93. The zero-order chi connectivity index (χ0) is 27.6. The number of fused-ring (bicyclic) bond motifs is 9. The number of hydrogen-bond donors (Lipinski definition) is 0. The number of furan rings is 1. The lowest BCUT2D eigenvalue weighted by Gasteiger charge is -2.10. The van der Waals surface area contributed by atoms with Crippen molar-refractivity contribution >= 4 is 54.5 Å². The summed E-state index contributed by atoms with van der Waals surface area (Å²) in [6.07, 6.45) is 0. The van der Waals surface area contributed by atoms with E-state index in [9.17, 15) is 0 Å². The number of rotatable bonds is 3. The van der Waals surface area contributed by atoms with Gasteiger partial charge in [-0.3, -0.25) is 0 Å². The lowest BCUT2D eigenvalue weighted by Crippen LogP contribution is -1.94. The van der Waals surface area contributed by atoms with Crippen LogP contribution in [0.2, 0.25) is 0 Å². The minimum Gasteiger partial charge on any atom is -0.455 e. The third kappa shape index (κ3) is 3.39. The predicted octanol–water partition coefficient (Wildman–Crippen LogP) is 11.2. The van der Waals surface area contributed by atoms with E-state index in [1.165, 1.54) is 49.4 Å². The van der Waals surface area contributed by atoms with Crippen molar-refractivity contribution in [2.45, 2.75) is 0 Å². The van der Waals surface area contributed by atoms with Crippen molar-refractivity contribution in [1.82, 2.24) is 4.57 Å². The van der Waals surface area contributed by atoms with Crippen LogP contribution in [0.1, 0.15) is 0 Å². The van der Waals surface area contributed by atoms with E-state index in [1.54, 1.807) is 0 Å². The molecule has 9 aromatic rings. The number of benzene rings is 7. The Labute approximate surface area is 242 Å². The van der Waals surface area contributed by atoms with E-state index in [0.29, 0.717) is 0 Å². The normalized spacial score (nSPS) is 11.8. The van der Waals surface area contributed by atoms with Crippen molar-refractivity contribution < 1.29 is 4.42 Å². The maximum absolute atomic E-state index is 6.73. The summed E-state index contributed by atoms with van der Waals surface area (Å²) < 4.78 is 9.14. The summed E-state index contributed by atoms with van der Waals surface area (Å²) in [5.74, 6) is 0. The van der Waals surface area contributed by atoms with Crippen LogP contribution in [-0.4, -0.2) is 4.57 Å². The van der Waals surface area contributed by atoms with Crippen LogP contribution in [0.15, 0.2) is 156 Å². The molecule has 0 aliphatic carbocycles. The highest BCUT2D eigenvalue weighted by Gasteiger charge is 2.20. The molecule has 2 heteroatoms. The molecule has 0 spiro atoms. The molecule has 0 aliphatic rings. The highest BCUT2D eigenvalue weighted by molar-refractivity contribution is 6.27. The molecule has 0 saturated carbocycles. The highest BCUT2D eigenvalue weighted by Crippen LogP contribution is 2.43. The Bertz CT molecular complexity index is 2430. The molecule has 0 amide bonds. The topological polar surface area (TPSA) is 18.1 Å². The van der Waals surface area contributed by atoms with Crippen molar-refractivity contribution in [3.05, 3.63) is 152 Å². The zero-order valence-corrected chi connectivity index (χ0v) is 22.8. The second-order valence-electron chi connectivity index (χ2n) is 11.0. The summed E-state index contributed by atoms with van der Waals surface area (Å²) in [5.41, 5.74) is 10.2. The summed E-state index contributed by atoms with van der Waals surface area (Å²) in [6.45, 7) is 0. The van der Waals surface area contributed by atoms with Crippen molar-refractivity contribution in [2.24, 2.45) is 0 Å². The van der Waals surface area contributed by atoms with Gasteiger partial charge in [0, 0.05) is 32.6 Å². The van der Waals surface area contributed by atoms with Gasteiger partial charge in [-0.2, -0.15) is 0 Å². The second kappa shape index (κ2) is 8.95. The largest absolute Gasteiger partial charge is 0.455 e. The first-order valence-electron chi connectivity index (χ1n) is 14.4. The van der Waals surface area contributed by atoms with Crippen LogP contribution in [0.4, 0.5) is 0 Å². The average Bonchev–Trinajstić information content (AvgIpc) is 3.61. The maximum Gasteiger partial charge on any atom is 0.145 e. The zero-order valence-electron chi connectivity index (χ0n) is 22.8. The Hall–Kier alpha value is -5.60. The summed E-state index contributed by atoms with van der Waals surface area (Å²) in [5, 5.41) is 7.04. The Morgan fingerprint density at radius 2 is 1.02 bits per heavy atom. The van der Waals surface area contributed by atoms with Gasteiger partial charge in [0.05, 0.1) is 11.0 Å². The maximum atomic E-state index is 6.73. The number of nitrogens with zero attached hydrogens (tertiary/aromatic N) is 1. The first kappa shape index (κ1) is 23.1. The lowest BCUT2D eigenvalue weighted by atomic mass is 9.99. The lowest BCUT2D eigenvalue weighted by molar-refractivity contribution is 0.673. The standard InChI is InChI=1S/C40H25NO/c1-4-10-26(11-5-1)29-18-22-36-34(24-29)32-20-16-28-17-21-33-35-25-30(27-12-6-2-7-13-27)19-23-37(35)42-40(33)38(28)39(32)41(36)31-14-8-3-9-15-31/h1-25H. The summed E-state index contributed by atoms with van der Waals surface area (Å²) in [4.78, 5) is 0. The summed E-state index contributed by atoms with van der Waals surface area (Å²) >= 11 is 0. The monoisotopic (exact) mass is 535 g/mol. The molecule has 2 nitrogen and oxygen atoms in total. The Morgan fingerprint density at radius 3 is 1.71 bits per heavy atom. The van der Waals surface area contributed by atoms with E-state index in [1.807, 2.05) is 0 Å². The summed E-state index contributed by atoms with van der Waals surface area (Å²) in [7, 11) is 0. The van der Waals surface area contributed by atoms with Gasteiger partial charge in [0.2, 0.25) is 0 Å². The van der Waals surface area contributed by atoms with Crippen LogP contribution in [-0.2, 0) is 0 Å². The fraction of sp³-hybridized carbons (Fsp3) is 0. The van der Waals surface area contributed by atoms with E-state index < -0.39 is 0 Å². The molecule has 2 aromatic heterocycles. The molecule has 7 aromatic carbocycles. The van der Waals surface area contributed by atoms with E-state index in [4.69, 9.17) is 4.42 Å². The van der Waals surface area contributed by atoms with Crippen LogP contribution in [0.5, 0.6) is 0 Å². The first-order valence-corrected chi connectivity index (χ1v) is 14.4. The predicted molar refractivity (Wildman–Crippen MR) is 176 cm³/mol. The van der Waals surface area contributed by atoms with E-state index >= 15 is 0 Å². The quantitative estimate of drug-likeness (QED) is 0.220. The van der Waals surface area contributed by atoms with Crippen LogP contribution in [0, 0.1) is 0 Å². The van der Waals surface area contributed by atoms with Gasteiger partial charge in [0.15, 0.2) is 0 Å². The molecular weight excluding hydrogens is 510 g/mol. The van der Waals surface area contributed by atoms with E-state index in [2.05, 4.69) is 156 Å². The van der Waals surface area contributed by atoms with Crippen molar-refractivity contribution in [3.8, 4) is 27.9 Å². The van der Waals surface area contributed by atoms with E-state index in [0.717, 1.165) is 33.0 Å². The third-order valence-electron chi connectivity index (χ3n) is 8.57. The van der Waals surface area contributed by atoms with Gasteiger partial charge in [-0.1, -0.05) is 109 Å². The minimum absolute atomic E-state index is 0.905. The SMILES string of the molecule is c1ccc(-c2ccc3oc4c(ccc5ccc6c7cc(-c8ccccc8)ccc7n(-c7ccccc7)c6c54)c3c2)cc1. The molecule has 0 bridgehead atoms. The molecule has 0 unspecified atom stereocenters. The second-order valence-corrected chi connectivity index (χ2v) is 11.0. The van der Waals surface area contributed by atoms with Gasteiger partial charge in [-0.15, -0.1) is 0 Å². The van der Waals surface area contributed by atoms with Crippen molar-refractivity contribution in [3.63, 3.8) is 0 Å². The molecule has 2 heterocycles. The highest BCUT2D eigenvalue weighted by atomic mass is 16.3. The molecule has 0 atom stereocenters. The van der Waals surface area contributed by atoms with Crippen LogP contribution in [0.3, 0.4) is 0 Å². The molecule has 0 aliphatic heterocycles. The van der Waals surface area contributed by atoms with Crippen molar-refractivity contribution in [1.29, 1.82) is 0 Å². The molecular formula is C40H25NO. The number of hydrogen-bond acceptors (Lipinski definition) is 1. The van der Waals surface area contributed by atoms with Gasteiger partial charge >= 0.3 is 0 Å². The molecule has 0 saturated heterocycles. The molecule has 0 radical (unpaired) electrons. The number of para-hydroxylation sites is 1. The van der Waals surface area contributed by atoms with Crippen LogP contribution in [0.25, 0.3) is 82.5 Å². The van der Waals surface area contributed by atoms with E-state index in [-0.39, 0.29) is 0 Å². The molecule has 0 fully saturated rings.